The monoisotopic (exact) mass is 299 g/mol. The Morgan fingerprint density at radius 2 is 2.14 bits per heavy atom. The van der Waals surface area contributed by atoms with E-state index >= 15 is 0 Å². The molecule has 2 rings (SSSR count). The summed E-state index contributed by atoms with van der Waals surface area (Å²) in [7, 11) is 0. The highest BCUT2D eigenvalue weighted by Gasteiger charge is 2.30. The van der Waals surface area contributed by atoms with Gasteiger partial charge >= 0.3 is 12.1 Å². The molecule has 1 aromatic carbocycles. The Labute approximate surface area is 118 Å². The minimum Gasteiger partial charge on any atom is -0.461 e. The largest absolute Gasteiger partial charge is 0.461 e. The Morgan fingerprint density at radius 1 is 1.38 bits per heavy atom. The van der Waals surface area contributed by atoms with Gasteiger partial charge < -0.3 is 4.74 Å². The first kappa shape index (κ1) is 15.0. The van der Waals surface area contributed by atoms with E-state index in [1.807, 2.05) is 0 Å². The fraction of sp³-hybridized carbons (Fsp3) is 0.308. The molecule has 21 heavy (non-hydrogen) atoms. The van der Waals surface area contributed by atoms with Crippen molar-refractivity contribution in [3.8, 4) is 0 Å². The molecule has 0 saturated heterocycles. The molecule has 112 valence electrons. The normalized spacial score (nSPS) is 11.4. The van der Waals surface area contributed by atoms with E-state index in [4.69, 9.17) is 4.74 Å². The first-order valence-corrected chi connectivity index (χ1v) is 6.13. The topological polar surface area (TPSA) is 57.0 Å². The van der Waals surface area contributed by atoms with E-state index in [1.54, 1.807) is 13.0 Å². The lowest BCUT2D eigenvalue weighted by Crippen LogP contribution is -2.07. The molecule has 0 amide bonds. The summed E-state index contributed by atoms with van der Waals surface area (Å²) in [5.41, 5.74) is -0.306. The Bertz CT molecular complexity index is 638. The van der Waals surface area contributed by atoms with Gasteiger partial charge in [-0.25, -0.2) is 9.48 Å². The zero-order chi connectivity index (χ0) is 15.5. The molecular weight excluding hydrogens is 287 g/mol. The number of esters is 1. The molecule has 1 heterocycles. The Kier molecular flexibility index (Phi) is 4.25. The predicted octanol–water partition coefficient (Wildman–Crippen LogP) is 2.52. The predicted molar refractivity (Wildman–Crippen MR) is 66.5 cm³/mol. The van der Waals surface area contributed by atoms with Crippen LogP contribution in [-0.2, 0) is 17.5 Å². The molecule has 0 aliphatic carbocycles. The summed E-state index contributed by atoms with van der Waals surface area (Å²) >= 11 is 0. The molecule has 0 aliphatic rings. The lowest BCUT2D eigenvalue weighted by Gasteiger charge is -2.08. The summed E-state index contributed by atoms with van der Waals surface area (Å²) in [4.78, 5) is 11.4. The molecule has 0 spiro atoms. The fourth-order valence-corrected chi connectivity index (χ4v) is 1.71. The van der Waals surface area contributed by atoms with Gasteiger partial charge in [0.15, 0.2) is 5.69 Å². The number of aromatic nitrogens is 3. The SMILES string of the molecule is CCOC(=O)c1cn(Cc2cccc(C(F)(F)F)c2)nn1. The van der Waals surface area contributed by atoms with Crippen LogP contribution in [0.1, 0.15) is 28.5 Å². The second kappa shape index (κ2) is 5.94. The summed E-state index contributed by atoms with van der Waals surface area (Å²) in [5.74, 6) is -0.618. The van der Waals surface area contributed by atoms with E-state index in [1.165, 1.54) is 16.9 Å². The molecule has 8 heteroatoms. The van der Waals surface area contributed by atoms with Crippen LogP contribution in [0.5, 0.6) is 0 Å². The number of hydrogen-bond donors (Lipinski definition) is 0. The maximum Gasteiger partial charge on any atom is 0.416 e. The number of carbonyl (C=O) groups is 1. The van der Waals surface area contributed by atoms with Crippen LogP contribution in [-0.4, -0.2) is 27.6 Å². The van der Waals surface area contributed by atoms with Gasteiger partial charge in [0.05, 0.1) is 24.9 Å². The van der Waals surface area contributed by atoms with Gasteiger partial charge in [0.25, 0.3) is 0 Å². The standard InChI is InChI=1S/C13H12F3N3O2/c1-2-21-12(20)11-8-19(18-17-11)7-9-4-3-5-10(6-9)13(14,15)16/h3-6,8H,2,7H2,1H3. The van der Waals surface area contributed by atoms with Gasteiger partial charge in [-0.2, -0.15) is 13.2 Å². The van der Waals surface area contributed by atoms with Gasteiger partial charge in [0, 0.05) is 0 Å². The van der Waals surface area contributed by atoms with E-state index in [-0.39, 0.29) is 18.8 Å². The number of alkyl halides is 3. The average Bonchev–Trinajstić information content (AvgIpc) is 2.87. The molecule has 0 radical (unpaired) electrons. The van der Waals surface area contributed by atoms with Crippen molar-refractivity contribution in [3.05, 3.63) is 47.3 Å². The number of halogens is 3. The third-order valence-electron chi connectivity index (χ3n) is 2.62. The smallest absolute Gasteiger partial charge is 0.416 e. The summed E-state index contributed by atoms with van der Waals surface area (Å²) in [6, 6.07) is 4.89. The van der Waals surface area contributed by atoms with Crippen molar-refractivity contribution in [1.82, 2.24) is 15.0 Å². The molecular formula is C13H12F3N3O2. The number of nitrogens with zero attached hydrogens (tertiary/aromatic N) is 3. The maximum absolute atomic E-state index is 12.6. The molecule has 1 aromatic heterocycles. The second-order valence-electron chi connectivity index (χ2n) is 4.22. The van der Waals surface area contributed by atoms with Crippen molar-refractivity contribution in [1.29, 1.82) is 0 Å². The first-order chi connectivity index (χ1) is 9.90. The fourth-order valence-electron chi connectivity index (χ4n) is 1.71. The molecule has 0 aliphatic heterocycles. The lowest BCUT2D eigenvalue weighted by atomic mass is 10.1. The number of carbonyl (C=O) groups excluding carboxylic acids is 1. The van der Waals surface area contributed by atoms with Crippen LogP contribution < -0.4 is 0 Å². The quantitative estimate of drug-likeness (QED) is 0.814. The molecule has 0 atom stereocenters. The number of ether oxygens (including phenoxy) is 1. The zero-order valence-corrected chi connectivity index (χ0v) is 11.1. The van der Waals surface area contributed by atoms with E-state index in [2.05, 4.69) is 10.3 Å². The van der Waals surface area contributed by atoms with Crippen molar-refractivity contribution in [2.24, 2.45) is 0 Å². The third-order valence-corrected chi connectivity index (χ3v) is 2.62. The van der Waals surface area contributed by atoms with Gasteiger partial charge in [0.2, 0.25) is 0 Å². The first-order valence-electron chi connectivity index (χ1n) is 6.13. The molecule has 0 bridgehead atoms. The van der Waals surface area contributed by atoms with Crippen LogP contribution in [0.15, 0.2) is 30.5 Å². The van der Waals surface area contributed by atoms with E-state index in [0.29, 0.717) is 5.56 Å². The minimum atomic E-state index is -4.39. The summed E-state index contributed by atoms with van der Waals surface area (Å²) in [6.45, 7) is 1.95. The van der Waals surface area contributed by atoms with Crippen LogP contribution in [0.2, 0.25) is 0 Å². The minimum absolute atomic E-state index is 0.0174. The van der Waals surface area contributed by atoms with Crippen molar-refractivity contribution in [3.63, 3.8) is 0 Å². The highest BCUT2D eigenvalue weighted by atomic mass is 19.4. The van der Waals surface area contributed by atoms with Gasteiger partial charge in [-0.15, -0.1) is 5.10 Å². The van der Waals surface area contributed by atoms with Crippen molar-refractivity contribution >= 4 is 5.97 Å². The van der Waals surface area contributed by atoms with E-state index < -0.39 is 17.7 Å². The van der Waals surface area contributed by atoms with E-state index in [0.717, 1.165) is 12.1 Å². The van der Waals surface area contributed by atoms with Gasteiger partial charge in [-0.3, -0.25) is 0 Å². The van der Waals surface area contributed by atoms with Crippen molar-refractivity contribution < 1.29 is 22.7 Å². The second-order valence-corrected chi connectivity index (χ2v) is 4.22. The van der Waals surface area contributed by atoms with Crippen LogP contribution in [0.4, 0.5) is 13.2 Å². The van der Waals surface area contributed by atoms with Crippen molar-refractivity contribution in [2.75, 3.05) is 6.61 Å². The molecule has 0 fully saturated rings. The van der Waals surface area contributed by atoms with Crippen LogP contribution in [0.25, 0.3) is 0 Å². The lowest BCUT2D eigenvalue weighted by molar-refractivity contribution is -0.137. The molecule has 2 aromatic rings. The highest BCUT2D eigenvalue weighted by molar-refractivity contribution is 5.86. The van der Waals surface area contributed by atoms with Crippen LogP contribution in [0.3, 0.4) is 0 Å². The van der Waals surface area contributed by atoms with Gasteiger partial charge in [-0.1, -0.05) is 17.3 Å². The zero-order valence-electron chi connectivity index (χ0n) is 11.1. The molecule has 0 saturated carbocycles. The van der Waals surface area contributed by atoms with Crippen LogP contribution in [0, 0.1) is 0 Å². The highest BCUT2D eigenvalue weighted by Crippen LogP contribution is 2.29. The number of hydrogen-bond acceptors (Lipinski definition) is 4. The Balaban J connectivity index is 2.14. The summed E-state index contributed by atoms with van der Waals surface area (Å²) < 4.78 is 43.8. The molecule has 0 unspecified atom stereocenters. The molecule has 5 nitrogen and oxygen atoms in total. The number of rotatable bonds is 4. The summed E-state index contributed by atoms with van der Waals surface area (Å²) in [5, 5.41) is 7.31. The molecule has 0 N–H and O–H groups in total. The average molecular weight is 299 g/mol. The van der Waals surface area contributed by atoms with Gasteiger partial charge in [-0.05, 0) is 24.6 Å². The third kappa shape index (κ3) is 3.80. The maximum atomic E-state index is 12.6. The van der Waals surface area contributed by atoms with Crippen LogP contribution >= 0.6 is 0 Å². The Morgan fingerprint density at radius 3 is 2.81 bits per heavy atom. The van der Waals surface area contributed by atoms with E-state index in [9.17, 15) is 18.0 Å². The van der Waals surface area contributed by atoms with Crippen molar-refractivity contribution in [2.45, 2.75) is 19.6 Å². The Hall–Kier alpha value is -2.38. The number of benzene rings is 1. The van der Waals surface area contributed by atoms with Gasteiger partial charge in [0.1, 0.15) is 0 Å². The summed E-state index contributed by atoms with van der Waals surface area (Å²) in [6.07, 6.45) is -3.06.